The molecule has 1 rings (SSSR count). The summed E-state index contributed by atoms with van der Waals surface area (Å²) in [6.45, 7) is 9.76. The van der Waals surface area contributed by atoms with Crippen LogP contribution in [0.3, 0.4) is 0 Å². The molecule has 0 aliphatic heterocycles. The predicted molar refractivity (Wildman–Crippen MR) is 84.2 cm³/mol. The van der Waals surface area contributed by atoms with Crippen molar-refractivity contribution in [3.05, 3.63) is 28.2 Å². The second-order valence-electron chi connectivity index (χ2n) is 5.98. The zero-order chi connectivity index (χ0) is 13.9. The van der Waals surface area contributed by atoms with Gasteiger partial charge in [0.25, 0.3) is 0 Å². The molecule has 0 saturated carbocycles. The van der Waals surface area contributed by atoms with Crippen LogP contribution in [0.2, 0.25) is 0 Å². The van der Waals surface area contributed by atoms with E-state index >= 15 is 0 Å². The summed E-state index contributed by atoms with van der Waals surface area (Å²) in [6, 6.07) is 6.98. The lowest BCUT2D eigenvalue weighted by molar-refractivity contribution is 0.329. The van der Waals surface area contributed by atoms with Gasteiger partial charge in [0, 0.05) is 17.6 Å². The minimum atomic E-state index is 0.254. The molecule has 0 aliphatic rings. The summed E-state index contributed by atoms with van der Waals surface area (Å²) in [5, 5.41) is 0. The summed E-state index contributed by atoms with van der Waals surface area (Å²) < 4.78 is 1.15. The molecule has 3 heteroatoms. The fourth-order valence-corrected chi connectivity index (χ4v) is 2.65. The van der Waals surface area contributed by atoms with E-state index in [2.05, 4.69) is 73.8 Å². The summed E-state index contributed by atoms with van der Waals surface area (Å²) in [7, 11) is 2.15. The van der Waals surface area contributed by atoms with E-state index in [0.29, 0.717) is 12.6 Å². The topological polar surface area (TPSA) is 29.3 Å². The van der Waals surface area contributed by atoms with Crippen molar-refractivity contribution >= 4 is 21.6 Å². The summed E-state index contributed by atoms with van der Waals surface area (Å²) >= 11 is 3.67. The first-order chi connectivity index (χ1) is 8.27. The van der Waals surface area contributed by atoms with Gasteiger partial charge in [-0.1, -0.05) is 26.8 Å². The number of anilines is 1. The summed E-state index contributed by atoms with van der Waals surface area (Å²) in [5.41, 5.74) is 8.36. The first-order valence-electron chi connectivity index (χ1n) is 6.48. The first-order valence-corrected chi connectivity index (χ1v) is 7.28. The zero-order valence-electron chi connectivity index (χ0n) is 12.1. The predicted octanol–water partition coefficient (Wildman–Crippen LogP) is 3.82. The Morgan fingerprint density at radius 3 is 2.39 bits per heavy atom. The lowest BCUT2D eigenvalue weighted by Gasteiger charge is -2.37. The second-order valence-corrected chi connectivity index (χ2v) is 6.83. The highest BCUT2D eigenvalue weighted by Crippen LogP contribution is 2.32. The molecule has 0 radical (unpaired) electrons. The van der Waals surface area contributed by atoms with Gasteiger partial charge in [-0.2, -0.15) is 0 Å². The van der Waals surface area contributed by atoms with E-state index in [4.69, 9.17) is 5.73 Å². The Hall–Kier alpha value is -0.540. The fourth-order valence-electron chi connectivity index (χ4n) is 1.95. The highest BCUT2D eigenvalue weighted by Gasteiger charge is 2.25. The minimum absolute atomic E-state index is 0.254. The number of rotatable bonds is 4. The third-order valence-corrected chi connectivity index (χ3v) is 4.29. The Labute approximate surface area is 120 Å². The number of hydrogen-bond donors (Lipinski definition) is 1. The second kappa shape index (κ2) is 6.07. The molecule has 0 aliphatic carbocycles. The molecule has 0 bridgehead atoms. The average molecular weight is 313 g/mol. The van der Waals surface area contributed by atoms with Gasteiger partial charge in [-0.05, 0) is 58.9 Å². The van der Waals surface area contributed by atoms with Crippen molar-refractivity contribution in [3.63, 3.8) is 0 Å². The molecule has 0 saturated heterocycles. The van der Waals surface area contributed by atoms with Gasteiger partial charge in [0.2, 0.25) is 0 Å². The van der Waals surface area contributed by atoms with Crippen LogP contribution in [0, 0.1) is 5.41 Å². The van der Waals surface area contributed by atoms with Crippen molar-refractivity contribution < 1.29 is 0 Å². The molecule has 0 amide bonds. The summed E-state index contributed by atoms with van der Waals surface area (Å²) in [4.78, 5) is 2.33. The van der Waals surface area contributed by atoms with Crippen LogP contribution in [-0.2, 0) is 6.42 Å². The van der Waals surface area contributed by atoms with E-state index in [-0.39, 0.29) is 5.41 Å². The Morgan fingerprint density at radius 1 is 1.33 bits per heavy atom. The molecule has 0 spiro atoms. The lowest BCUT2D eigenvalue weighted by atomic mass is 9.87. The van der Waals surface area contributed by atoms with Crippen molar-refractivity contribution in [1.82, 2.24) is 0 Å². The van der Waals surface area contributed by atoms with Crippen LogP contribution < -0.4 is 10.6 Å². The molecule has 0 fully saturated rings. The van der Waals surface area contributed by atoms with Gasteiger partial charge < -0.3 is 10.6 Å². The number of nitrogens with two attached hydrogens (primary N) is 1. The molecule has 2 nitrogen and oxygen atoms in total. The number of hydrogen-bond acceptors (Lipinski definition) is 2. The molecule has 0 heterocycles. The van der Waals surface area contributed by atoms with Gasteiger partial charge in [-0.25, -0.2) is 0 Å². The van der Waals surface area contributed by atoms with Gasteiger partial charge in [-0.3, -0.25) is 0 Å². The monoisotopic (exact) mass is 312 g/mol. The summed E-state index contributed by atoms with van der Waals surface area (Å²) in [6.07, 6.45) is 0.928. The molecule has 102 valence electrons. The quantitative estimate of drug-likeness (QED) is 0.915. The molecule has 1 aromatic carbocycles. The van der Waals surface area contributed by atoms with Crippen LogP contribution in [0.4, 0.5) is 5.69 Å². The van der Waals surface area contributed by atoms with Crippen molar-refractivity contribution in [2.75, 3.05) is 18.5 Å². The van der Waals surface area contributed by atoms with Gasteiger partial charge in [0.1, 0.15) is 0 Å². The van der Waals surface area contributed by atoms with E-state index < -0.39 is 0 Å². The Bertz CT molecular complexity index is 396. The standard InChI is InChI=1S/C15H25BrN2/c1-11(15(2,3)4)18(5)14-7-6-12(8-9-17)10-13(14)16/h6-7,10-11H,8-9,17H2,1-5H3. The van der Waals surface area contributed by atoms with Gasteiger partial charge in [0.15, 0.2) is 0 Å². The van der Waals surface area contributed by atoms with E-state index in [1.807, 2.05) is 0 Å². The molecule has 1 atom stereocenters. The minimum Gasteiger partial charge on any atom is -0.370 e. The number of benzene rings is 1. The van der Waals surface area contributed by atoms with E-state index in [9.17, 15) is 0 Å². The highest BCUT2D eigenvalue weighted by molar-refractivity contribution is 9.10. The SMILES string of the molecule is CC(N(C)c1ccc(CCN)cc1Br)C(C)(C)C. The molecule has 2 N–H and O–H groups in total. The molecule has 18 heavy (non-hydrogen) atoms. The van der Waals surface area contributed by atoms with Crippen LogP contribution in [0.5, 0.6) is 0 Å². The van der Waals surface area contributed by atoms with Crippen molar-refractivity contribution in [3.8, 4) is 0 Å². The first kappa shape index (κ1) is 15.5. The van der Waals surface area contributed by atoms with Gasteiger partial charge in [-0.15, -0.1) is 0 Å². The van der Waals surface area contributed by atoms with Crippen molar-refractivity contribution in [2.24, 2.45) is 11.1 Å². The number of nitrogens with zero attached hydrogens (tertiary/aromatic N) is 1. The van der Waals surface area contributed by atoms with Gasteiger partial charge in [0.05, 0.1) is 5.69 Å². The lowest BCUT2D eigenvalue weighted by Crippen LogP contribution is -2.39. The molecular formula is C15H25BrN2. The van der Waals surface area contributed by atoms with Crippen LogP contribution >= 0.6 is 15.9 Å². The largest absolute Gasteiger partial charge is 0.370 e. The maximum Gasteiger partial charge on any atom is 0.0510 e. The third kappa shape index (κ3) is 3.72. The molecule has 0 aromatic heterocycles. The van der Waals surface area contributed by atoms with Crippen LogP contribution in [0.1, 0.15) is 33.3 Å². The van der Waals surface area contributed by atoms with Crippen LogP contribution in [0.25, 0.3) is 0 Å². The Balaban J connectivity index is 2.96. The molecule has 1 aromatic rings. The smallest absolute Gasteiger partial charge is 0.0510 e. The van der Waals surface area contributed by atoms with Crippen LogP contribution in [-0.4, -0.2) is 19.6 Å². The fraction of sp³-hybridized carbons (Fsp3) is 0.600. The van der Waals surface area contributed by atoms with E-state index in [1.54, 1.807) is 0 Å². The van der Waals surface area contributed by atoms with Crippen molar-refractivity contribution in [2.45, 2.75) is 40.2 Å². The third-order valence-electron chi connectivity index (χ3n) is 3.66. The normalized spacial score (nSPS) is 13.5. The molecular weight excluding hydrogens is 288 g/mol. The van der Waals surface area contributed by atoms with Gasteiger partial charge >= 0.3 is 0 Å². The average Bonchev–Trinajstić information content (AvgIpc) is 2.26. The number of halogens is 1. The van der Waals surface area contributed by atoms with Crippen LogP contribution in [0.15, 0.2) is 22.7 Å². The summed E-state index contributed by atoms with van der Waals surface area (Å²) in [5.74, 6) is 0. The Morgan fingerprint density at radius 2 is 1.94 bits per heavy atom. The molecule has 1 unspecified atom stereocenters. The maximum absolute atomic E-state index is 5.59. The maximum atomic E-state index is 5.59. The van der Waals surface area contributed by atoms with E-state index in [1.165, 1.54) is 11.3 Å². The van der Waals surface area contributed by atoms with Crippen molar-refractivity contribution in [1.29, 1.82) is 0 Å². The zero-order valence-corrected chi connectivity index (χ0v) is 13.7. The highest BCUT2D eigenvalue weighted by atomic mass is 79.9. The van der Waals surface area contributed by atoms with E-state index in [0.717, 1.165) is 10.9 Å². The Kier molecular flexibility index (Phi) is 5.23.